The lowest BCUT2D eigenvalue weighted by molar-refractivity contribution is -0.235. The molecule has 5 aliphatic rings. The fraction of sp³-hybridized carbons (Fsp3) is 0.566. The van der Waals surface area contributed by atoms with Gasteiger partial charge >= 0.3 is 5.97 Å². The molecule has 2 unspecified atom stereocenters. The highest BCUT2D eigenvalue weighted by molar-refractivity contribution is 8.01. The van der Waals surface area contributed by atoms with Gasteiger partial charge in [0, 0.05) is 56.0 Å². The van der Waals surface area contributed by atoms with Gasteiger partial charge in [-0.05, 0) is 106 Å². The molecule has 2 aromatic carbocycles. The molecule has 4 fully saturated rings. The number of carboxylic acid groups (broad SMARTS) is 1. The second-order valence-corrected chi connectivity index (χ2v) is 23.2. The minimum atomic E-state index is -2.36. The third-order valence-electron chi connectivity index (χ3n) is 15.6. The second-order valence-electron chi connectivity index (χ2n) is 20.4. The van der Waals surface area contributed by atoms with Crippen molar-refractivity contribution in [2.75, 3.05) is 18.5 Å². The molecule has 1 heterocycles. The summed E-state index contributed by atoms with van der Waals surface area (Å²) in [6.45, 7) is 9.25. The van der Waals surface area contributed by atoms with Crippen LogP contribution in [0.5, 0.6) is 0 Å². The Morgan fingerprint density at radius 1 is 0.904 bits per heavy atom. The zero-order chi connectivity index (χ0) is 53.2. The van der Waals surface area contributed by atoms with Gasteiger partial charge in [-0.1, -0.05) is 63.6 Å². The largest absolute Gasteiger partial charge is 0.481 e. The first kappa shape index (κ1) is 55.8. The quantitative estimate of drug-likeness (QED) is 0.0749. The molecule has 16 nitrogen and oxygen atoms in total. The number of halogens is 2. The van der Waals surface area contributed by atoms with Crippen molar-refractivity contribution in [3.63, 3.8) is 0 Å². The van der Waals surface area contributed by atoms with Crippen molar-refractivity contribution >= 4 is 70.4 Å². The van der Waals surface area contributed by atoms with Crippen LogP contribution in [0.4, 0.5) is 14.5 Å². The fourth-order valence-electron chi connectivity index (χ4n) is 11.8. The smallest absolute Gasteiger partial charge is 0.305 e. The normalized spacial score (nSPS) is 31.5. The van der Waals surface area contributed by atoms with E-state index in [0.29, 0.717) is 11.3 Å². The number of aliphatic hydroxyl groups is 2. The number of anilines is 1. The molecule has 7 N–H and O–H groups in total. The van der Waals surface area contributed by atoms with E-state index in [0.717, 1.165) is 35.1 Å². The molecule has 1 aliphatic heterocycles. The van der Waals surface area contributed by atoms with Crippen LogP contribution in [-0.4, -0.2) is 122 Å². The summed E-state index contributed by atoms with van der Waals surface area (Å²) in [4.78, 5) is 90.5. The number of fused-ring (bicyclic) bond motifs is 7. The van der Waals surface area contributed by atoms with Gasteiger partial charge in [-0.15, -0.1) is 11.8 Å². The summed E-state index contributed by atoms with van der Waals surface area (Å²) >= 11 is 2.72. The molecule has 3 saturated carbocycles. The van der Waals surface area contributed by atoms with E-state index in [1.165, 1.54) is 56.4 Å². The number of carbonyl (C=O) groups is 7. The number of ketones is 2. The topological polar surface area (TPSA) is 247 Å². The average molecular weight is 1050 g/mol. The number of rotatable bonds is 21. The van der Waals surface area contributed by atoms with Crippen LogP contribution in [0.3, 0.4) is 0 Å². The number of benzene rings is 2. The van der Waals surface area contributed by atoms with Crippen LogP contribution < -0.4 is 21.3 Å². The lowest BCUT2D eigenvalue weighted by Crippen LogP contribution is -2.70. The Morgan fingerprint density at radius 3 is 2.21 bits per heavy atom. The van der Waals surface area contributed by atoms with Crippen LogP contribution in [-0.2, 0) is 43.0 Å². The minimum absolute atomic E-state index is 0.00314. The molecular weight excluding hydrogens is 987 g/mol. The minimum Gasteiger partial charge on any atom is -0.481 e. The zero-order valence-electron chi connectivity index (χ0n) is 41.8. The lowest BCUT2D eigenvalue weighted by atomic mass is 9.44. The Balaban J connectivity index is 0.891. The van der Waals surface area contributed by atoms with Crippen molar-refractivity contribution in [1.29, 1.82) is 0 Å². The van der Waals surface area contributed by atoms with Crippen molar-refractivity contribution < 1.29 is 67.1 Å². The number of unbranched alkanes of at least 4 members (excludes halogenated alkanes) is 1. The van der Waals surface area contributed by atoms with Crippen LogP contribution in [0.25, 0.3) is 0 Å². The molecular formula is C53H66F2N4O12S2. The lowest BCUT2D eigenvalue weighted by Gasteiger charge is -2.63. The van der Waals surface area contributed by atoms with E-state index < -0.39 is 124 Å². The highest BCUT2D eigenvalue weighted by Gasteiger charge is 2.80. The maximum atomic E-state index is 17.8. The molecule has 2 aromatic rings. The van der Waals surface area contributed by atoms with Crippen LogP contribution in [0.2, 0.25) is 0 Å². The molecule has 0 aromatic heterocycles. The standard InChI is InChI=1S/C53H66F2N4O12S2/c1-7-8-9-28(2)72-40(25-45(65)66)48(69)56-21-19-44(64)57-29(3)46(67)58-30(4)47(68)59-32-12-16-35(17-13-32)73-34-14-10-31(11-15-34)49-70-43-24-36-37-23-39(54)38-22-33(61)18-20-50(38,5)52(37,55)41(62)26-51(36,6)53(43,71-49)42(63)27-60/h10-18,20,22,28-30,36-37,39-41,43,49,60,62H,7-9,19,21,23-27H2,1-6H3,(H,56,69)(H,57,64)(H,58,67)(H,59,68)(H,65,66)/t28?,29-,30-,36-,37-,39-,40?,41-,43+,49+,50-,51-,52-,53+/m0/s1. The van der Waals surface area contributed by atoms with Gasteiger partial charge in [-0.2, -0.15) is 0 Å². The highest BCUT2D eigenvalue weighted by atomic mass is 32.2. The number of ether oxygens (including phenoxy) is 2. The highest BCUT2D eigenvalue weighted by Crippen LogP contribution is 2.72. The molecule has 73 heavy (non-hydrogen) atoms. The molecule has 20 heteroatoms. The Labute approximate surface area is 432 Å². The molecule has 4 aliphatic carbocycles. The van der Waals surface area contributed by atoms with E-state index in [-0.39, 0.29) is 49.5 Å². The van der Waals surface area contributed by atoms with Gasteiger partial charge in [0.2, 0.25) is 23.6 Å². The number of carbonyl (C=O) groups excluding carboxylic acids is 6. The first-order valence-corrected chi connectivity index (χ1v) is 26.6. The maximum absolute atomic E-state index is 17.8. The Kier molecular flexibility index (Phi) is 17.2. The fourth-order valence-corrected chi connectivity index (χ4v) is 13.9. The summed E-state index contributed by atoms with van der Waals surface area (Å²) in [5, 5.41) is 41.2. The van der Waals surface area contributed by atoms with E-state index in [1.807, 2.05) is 19.1 Å². The molecule has 0 bridgehead atoms. The summed E-state index contributed by atoms with van der Waals surface area (Å²) in [7, 11) is 0. The summed E-state index contributed by atoms with van der Waals surface area (Å²) < 4.78 is 46.8. The molecule has 0 spiro atoms. The Bertz CT molecular complexity index is 2520. The van der Waals surface area contributed by atoms with Gasteiger partial charge in [-0.3, -0.25) is 33.6 Å². The second kappa shape index (κ2) is 22.5. The molecule has 396 valence electrons. The molecule has 1 saturated heterocycles. The number of aliphatic carboxylic acids is 1. The molecule has 14 atom stereocenters. The summed E-state index contributed by atoms with van der Waals surface area (Å²) in [6, 6.07) is 12.2. The predicted octanol–water partition coefficient (Wildman–Crippen LogP) is 6.09. The number of aliphatic hydroxyl groups excluding tert-OH is 2. The number of alkyl halides is 2. The van der Waals surface area contributed by atoms with Crippen LogP contribution in [0.1, 0.15) is 105 Å². The van der Waals surface area contributed by atoms with E-state index >= 15 is 8.78 Å². The van der Waals surface area contributed by atoms with Crippen molar-refractivity contribution in [3.8, 4) is 0 Å². The number of carboxylic acids is 1. The third-order valence-corrected chi connectivity index (χ3v) is 18.0. The number of nitrogens with one attached hydrogen (secondary N) is 4. The average Bonchev–Trinajstić information content (AvgIpc) is 3.85. The van der Waals surface area contributed by atoms with Gasteiger partial charge in [0.1, 0.15) is 24.9 Å². The van der Waals surface area contributed by atoms with E-state index in [2.05, 4.69) is 28.2 Å². The van der Waals surface area contributed by atoms with Crippen LogP contribution in [0.15, 0.2) is 82.1 Å². The molecule has 0 radical (unpaired) electrons. The predicted molar refractivity (Wildman–Crippen MR) is 269 cm³/mol. The van der Waals surface area contributed by atoms with Crippen LogP contribution in [0, 0.1) is 22.7 Å². The number of hydrogen-bond acceptors (Lipinski definition) is 13. The van der Waals surface area contributed by atoms with E-state index in [4.69, 9.17) is 9.47 Å². The SMILES string of the molecule is CCCCC(C)SC(CC(=O)O)C(=O)NCCC(=O)N[C@@H](C)C(=O)N[C@@H](C)C(=O)Nc1ccc(Sc2ccc([C@@H]3O[C@@H]4C[C@H]5[C@@H]6C[C@H](F)C7=CC(=O)C=C[C@]7(C)[C@@]6(F)[C@@H](O)C[C@]5(C)[C@]4(C(=O)CO)O3)cc2)cc1. The van der Waals surface area contributed by atoms with Crippen molar-refractivity contribution in [2.24, 2.45) is 22.7 Å². The van der Waals surface area contributed by atoms with Crippen LogP contribution >= 0.6 is 23.5 Å². The first-order chi connectivity index (χ1) is 34.5. The van der Waals surface area contributed by atoms with Crippen molar-refractivity contribution in [2.45, 2.75) is 161 Å². The summed E-state index contributed by atoms with van der Waals surface area (Å²) in [5.41, 5.74) is -5.94. The van der Waals surface area contributed by atoms with Gasteiger partial charge in [0.05, 0.1) is 23.9 Å². The van der Waals surface area contributed by atoms with Crippen molar-refractivity contribution in [1.82, 2.24) is 16.0 Å². The van der Waals surface area contributed by atoms with E-state index in [1.54, 1.807) is 43.3 Å². The summed E-state index contributed by atoms with van der Waals surface area (Å²) in [5.74, 6) is -6.05. The van der Waals surface area contributed by atoms with Gasteiger partial charge < -0.3 is 46.1 Å². The van der Waals surface area contributed by atoms with Gasteiger partial charge in [-0.25, -0.2) is 8.78 Å². The number of allylic oxidation sites excluding steroid dienone is 4. The first-order valence-electron chi connectivity index (χ1n) is 24.9. The number of hydrogen-bond donors (Lipinski definition) is 7. The van der Waals surface area contributed by atoms with E-state index in [9.17, 15) is 48.9 Å². The van der Waals surface area contributed by atoms with Gasteiger partial charge in [0.25, 0.3) is 0 Å². The number of thioether (sulfide) groups is 1. The monoisotopic (exact) mass is 1050 g/mol. The Morgan fingerprint density at radius 2 is 1.56 bits per heavy atom. The Hall–Kier alpha value is -4.99. The maximum Gasteiger partial charge on any atom is 0.305 e. The molecule has 7 rings (SSSR count). The van der Waals surface area contributed by atoms with Gasteiger partial charge in [0.15, 0.2) is 29.1 Å². The number of amides is 4. The van der Waals surface area contributed by atoms with Crippen molar-refractivity contribution in [3.05, 3.63) is 77.9 Å². The third kappa shape index (κ3) is 10.9. The summed E-state index contributed by atoms with van der Waals surface area (Å²) in [6.07, 6.45) is 0.272. The number of Topliss-reactive ketones (excluding diaryl/α,β-unsaturated/α-hetero) is 1. The molecule has 4 amide bonds. The zero-order valence-corrected chi connectivity index (χ0v) is 43.4.